The third kappa shape index (κ3) is 2.48. The highest BCUT2D eigenvalue weighted by Crippen LogP contribution is 2.30. The van der Waals surface area contributed by atoms with Crippen LogP contribution in [-0.2, 0) is 4.74 Å². The van der Waals surface area contributed by atoms with Crippen LogP contribution >= 0.6 is 0 Å². The van der Waals surface area contributed by atoms with Gasteiger partial charge in [0, 0.05) is 24.8 Å². The Labute approximate surface area is 99.8 Å². The van der Waals surface area contributed by atoms with Gasteiger partial charge in [-0.15, -0.1) is 0 Å². The lowest BCUT2D eigenvalue weighted by Crippen LogP contribution is -2.28. The molecule has 1 aromatic rings. The Morgan fingerprint density at radius 3 is 2.53 bits per heavy atom. The average molecular weight is 241 g/mol. The quantitative estimate of drug-likeness (QED) is 0.864. The van der Waals surface area contributed by atoms with E-state index in [1.807, 2.05) is 0 Å². The van der Waals surface area contributed by atoms with E-state index < -0.39 is 17.7 Å². The summed E-state index contributed by atoms with van der Waals surface area (Å²) in [5.41, 5.74) is 6.62. The highest BCUT2D eigenvalue weighted by molar-refractivity contribution is 5.28. The van der Waals surface area contributed by atoms with E-state index in [0.29, 0.717) is 18.8 Å². The Morgan fingerprint density at radius 1 is 1.24 bits per heavy atom. The van der Waals surface area contributed by atoms with Gasteiger partial charge in [-0.25, -0.2) is 8.78 Å². The lowest BCUT2D eigenvalue weighted by atomic mass is 9.87. The Bertz CT molecular complexity index is 403. The standard InChI is InChI=1S/C13H17F2NO/c1-8-2-3-10(12(15)11(8)14)13(16)9-4-6-17-7-5-9/h2-3,9,13H,4-7,16H2,1H3/t13-/m0/s1. The van der Waals surface area contributed by atoms with Crippen molar-refractivity contribution in [3.8, 4) is 0 Å². The van der Waals surface area contributed by atoms with Crippen molar-refractivity contribution in [2.45, 2.75) is 25.8 Å². The predicted octanol–water partition coefficient (Wildman–Crippen LogP) is 2.70. The molecule has 0 spiro atoms. The molecule has 2 N–H and O–H groups in total. The van der Waals surface area contributed by atoms with E-state index in [9.17, 15) is 8.78 Å². The fraction of sp³-hybridized carbons (Fsp3) is 0.538. The van der Waals surface area contributed by atoms with Gasteiger partial charge in [-0.05, 0) is 31.2 Å². The van der Waals surface area contributed by atoms with Crippen molar-refractivity contribution in [3.63, 3.8) is 0 Å². The molecule has 2 rings (SSSR count). The third-order valence-electron chi connectivity index (χ3n) is 3.44. The molecule has 1 heterocycles. The molecule has 4 heteroatoms. The molecule has 1 saturated heterocycles. The second-order valence-electron chi connectivity index (χ2n) is 4.58. The van der Waals surface area contributed by atoms with Crippen LogP contribution in [0.1, 0.15) is 30.0 Å². The van der Waals surface area contributed by atoms with Crippen LogP contribution in [0.2, 0.25) is 0 Å². The van der Waals surface area contributed by atoms with Crippen molar-refractivity contribution < 1.29 is 13.5 Å². The minimum absolute atomic E-state index is 0.167. The first-order chi connectivity index (χ1) is 8.11. The zero-order valence-electron chi connectivity index (χ0n) is 9.88. The molecule has 2 nitrogen and oxygen atoms in total. The van der Waals surface area contributed by atoms with E-state index in [1.165, 1.54) is 0 Å². The molecular weight excluding hydrogens is 224 g/mol. The summed E-state index contributed by atoms with van der Waals surface area (Å²) in [6.07, 6.45) is 1.60. The lowest BCUT2D eigenvalue weighted by Gasteiger charge is -2.28. The molecule has 94 valence electrons. The molecule has 0 saturated carbocycles. The van der Waals surface area contributed by atoms with E-state index in [-0.39, 0.29) is 11.5 Å². The van der Waals surface area contributed by atoms with E-state index in [0.717, 1.165) is 12.8 Å². The maximum absolute atomic E-state index is 13.8. The summed E-state index contributed by atoms with van der Waals surface area (Å²) in [6, 6.07) is 2.72. The van der Waals surface area contributed by atoms with Crippen LogP contribution in [0.15, 0.2) is 12.1 Å². The Balaban J connectivity index is 2.24. The zero-order chi connectivity index (χ0) is 12.4. The molecule has 17 heavy (non-hydrogen) atoms. The van der Waals surface area contributed by atoms with Crippen molar-refractivity contribution in [1.29, 1.82) is 0 Å². The van der Waals surface area contributed by atoms with E-state index >= 15 is 0 Å². The van der Waals surface area contributed by atoms with Crippen molar-refractivity contribution in [3.05, 3.63) is 34.9 Å². The smallest absolute Gasteiger partial charge is 0.163 e. The minimum Gasteiger partial charge on any atom is -0.381 e. The number of rotatable bonds is 2. The second-order valence-corrected chi connectivity index (χ2v) is 4.58. The number of nitrogens with two attached hydrogens (primary N) is 1. The summed E-state index contributed by atoms with van der Waals surface area (Å²) < 4.78 is 32.5. The predicted molar refractivity (Wildman–Crippen MR) is 61.6 cm³/mol. The molecule has 1 fully saturated rings. The van der Waals surface area contributed by atoms with Gasteiger partial charge in [0.15, 0.2) is 11.6 Å². The number of ether oxygens (including phenoxy) is 1. The molecule has 1 atom stereocenters. The van der Waals surface area contributed by atoms with Crippen LogP contribution in [0.3, 0.4) is 0 Å². The van der Waals surface area contributed by atoms with E-state index in [2.05, 4.69) is 0 Å². The molecule has 0 bridgehead atoms. The summed E-state index contributed by atoms with van der Waals surface area (Å²) in [7, 11) is 0. The molecule has 0 amide bonds. The van der Waals surface area contributed by atoms with Crippen LogP contribution in [-0.4, -0.2) is 13.2 Å². The van der Waals surface area contributed by atoms with Gasteiger partial charge in [-0.1, -0.05) is 12.1 Å². The molecule has 1 aromatic carbocycles. The fourth-order valence-electron chi connectivity index (χ4n) is 2.25. The van der Waals surface area contributed by atoms with Gasteiger partial charge in [-0.2, -0.15) is 0 Å². The summed E-state index contributed by atoms with van der Waals surface area (Å²) in [6.45, 7) is 2.84. The van der Waals surface area contributed by atoms with Gasteiger partial charge in [0.05, 0.1) is 0 Å². The number of hydrogen-bond donors (Lipinski definition) is 1. The fourth-order valence-corrected chi connectivity index (χ4v) is 2.25. The van der Waals surface area contributed by atoms with Gasteiger partial charge in [-0.3, -0.25) is 0 Å². The van der Waals surface area contributed by atoms with Crippen molar-refractivity contribution in [1.82, 2.24) is 0 Å². The van der Waals surface area contributed by atoms with E-state index in [1.54, 1.807) is 19.1 Å². The average Bonchev–Trinajstić information content (AvgIpc) is 2.36. The van der Waals surface area contributed by atoms with Crippen molar-refractivity contribution in [2.24, 2.45) is 11.7 Å². The highest BCUT2D eigenvalue weighted by Gasteiger charge is 2.25. The molecule has 1 aliphatic rings. The van der Waals surface area contributed by atoms with Gasteiger partial charge < -0.3 is 10.5 Å². The summed E-state index contributed by atoms with van der Waals surface area (Å²) in [4.78, 5) is 0. The van der Waals surface area contributed by atoms with Crippen molar-refractivity contribution >= 4 is 0 Å². The molecular formula is C13H17F2NO. The SMILES string of the molecule is Cc1ccc([C@@H](N)C2CCOCC2)c(F)c1F. The molecule has 0 unspecified atom stereocenters. The first-order valence-electron chi connectivity index (χ1n) is 5.89. The van der Waals surface area contributed by atoms with Gasteiger partial charge in [0.1, 0.15) is 0 Å². The second kappa shape index (κ2) is 5.10. The topological polar surface area (TPSA) is 35.2 Å². The molecule has 0 aromatic heterocycles. The summed E-state index contributed by atoms with van der Waals surface area (Å²) in [5, 5.41) is 0. The maximum atomic E-state index is 13.8. The zero-order valence-corrected chi connectivity index (χ0v) is 9.88. The van der Waals surface area contributed by atoms with Crippen LogP contribution in [0.25, 0.3) is 0 Å². The maximum Gasteiger partial charge on any atom is 0.163 e. The van der Waals surface area contributed by atoms with Crippen molar-refractivity contribution in [2.75, 3.05) is 13.2 Å². The third-order valence-corrected chi connectivity index (χ3v) is 3.44. The van der Waals surface area contributed by atoms with Crippen LogP contribution in [0, 0.1) is 24.5 Å². The summed E-state index contributed by atoms with van der Waals surface area (Å²) >= 11 is 0. The first kappa shape index (κ1) is 12.5. The number of hydrogen-bond acceptors (Lipinski definition) is 2. The van der Waals surface area contributed by atoms with Crippen LogP contribution in [0.4, 0.5) is 8.78 Å². The Hall–Kier alpha value is -1.00. The normalized spacial score (nSPS) is 19.3. The van der Waals surface area contributed by atoms with Gasteiger partial charge >= 0.3 is 0 Å². The van der Waals surface area contributed by atoms with Crippen LogP contribution < -0.4 is 5.73 Å². The number of aryl methyl sites for hydroxylation is 1. The van der Waals surface area contributed by atoms with Gasteiger partial charge in [0.25, 0.3) is 0 Å². The first-order valence-corrected chi connectivity index (χ1v) is 5.89. The number of benzene rings is 1. The summed E-state index contributed by atoms with van der Waals surface area (Å²) in [5.74, 6) is -1.42. The van der Waals surface area contributed by atoms with Crippen LogP contribution in [0.5, 0.6) is 0 Å². The monoisotopic (exact) mass is 241 g/mol. The molecule has 0 aliphatic carbocycles. The Morgan fingerprint density at radius 2 is 1.88 bits per heavy atom. The van der Waals surface area contributed by atoms with E-state index in [4.69, 9.17) is 10.5 Å². The lowest BCUT2D eigenvalue weighted by molar-refractivity contribution is 0.0579. The largest absolute Gasteiger partial charge is 0.381 e. The Kier molecular flexibility index (Phi) is 3.74. The highest BCUT2D eigenvalue weighted by atomic mass is 19.2. The van der Waals surface area contributed by atoms with Gasteiger partial charge in [0.2, 0.25) is 0 Å². The molecule has 0 radical (unpaired) electrons. The molecule has 1 aliphatic heterocycles. The minimum atomic E-state index is -0.802. The number of halogens is 2.